The van der Waals surface area contributed by atoms with Crippen LogP contribution in [0.15, 0.2) is 24.9 Å². The molecule has 0 aromatic heterocycles. The van der Waals surface area contributed by atoms with Crippen LogP contribution in [0.4, 0.5) is 0 Å². The Balaban J connectivity index is 0. The van der Waals surface area contributed by atoms with E-state index in [0.29, 0.717) is 12.2 Å². The van der Waals surface area contributed by atoms with Crippen molar-refractivity contribution in [2.24, 2.45) is 5.73 Å². The van der Waals surface area contributed by atoms with E-state index in [2.05, 4.69) is 12.3 Å². The van der Waals surface area contributed by atoms with Crippen LogP contribution in [0.25, 0.3) is 0 Å². The van der Waals surface area contributed by atoms with Crippen molar-refractivity contribution in [3.63, 3.8) is 0 Å². The summed E-state index contributed by atoms with van der Waals surface area (Å²) in [6.07, 6.45) is 2.37. The van der Waals surface area contributed by atoms with Crippen LogP contribution in [0.5, 0.6) is 0 Å². The van der Waals surface area contributed by atoms with E-state index in [0.717, 1.165) is 0 Å². The molecule has 62 valence electrons. The van der Waals surface area contributed by atoms with Gasteiger partial charge in [0.1, 0.15) is 0 Å². The molecule has 0 rings (SSSR count). The van der Waals surface area contributed by atoms with Crippen molar-refractivity contribution in [3.8, 4) is 0 Å². The fraction of sp³-hybridized carbons (Fsp3) is 0. The number of hydrogen-bond donors (Lipinski definition) is 3. The van der Waals surface area contributed by atoms with Crippen LogP contribution in [0.3, 0.4) is 0 Å². The quantitative estimate of drug-likeness (QED) is 0.484. The van der Waals surface area contributed by atoms with Gasteiger partial charge in [0.15, 0.2) is 0 Å². The molecule has 0 heterocycles. The number of aliphatic carboxylic acids is 2. The minimum absolute atomic E-state index is 0.558. The van der Waals surface area contributed by atoms with Gasteiger partial charge in [0.25, 0.3) is 0 Å². The minimum Gasteiger partial charge on any atom is -0.478 e. The zero-order valence-electron chi connectivity index (χ0n) is 5.73. The summed E-state index contributed by atoms with van der Waals surface area (Å²) in [6.45, 7) is 3.14. The maximum Gasteiger partial charge on any atom is 0.328 e. The van der Waals surface area contributed by atoms with Gasteiger partial charge in [-0.2, -0.15) is 0 Å². The lowest BCUT2D eigenvalue weighted by molar-refractivity contribution is -0.134. The van der Waals surface area contributed by atoms with E-state index in [9.17, 15) is 9.59 Å². The highest BCUT2D eigenvalue weighted by atomic mass is 16.4. The molecular formula is C6H9NO4. The summed E-state index contributed by atoms with van der Waals surface area (Å²) in [4.78, 5) is 19.1. The molecule has 0 aromatic rings. The highest BCUT2D eigenvalue weighted by Gasteiger charge is 1.88. The van der Waals surface area contributed by atoms with Gasteiger partial charge in [-0.15, -0.1) is 0 Å². The van der Waals surface area contributed by atoms with Gasteiger partial charge in [-0.25, -0.2) is 9.59 Å². The van der Waals surface area contributed by atoms with Gasteiger partial charge in [-0.1, -0.05) is 6.58 Å². The maximum atomic E-state index is 9.55. The summed E-state index contributed by atoms with van der Waals surface area (Å²) >= 11 is 0. The first-order valence-corrected chi connectivity index (χ1v) is 2.51. The smallest absolute Gasteiger partial charge is 0.328 e. The van der Waals surface area contributed by atoms with Crippen LogP contribution in [0.2, 0.25) is 0 Å². The van der Waals surface area contributed by atoms with Crippen LogP contribution >= 0.6 is 0 Å². The van der Waals surface area contributed by atoms with Gasteiger partial charge < -0.3 is 15.9 Å². The summed E-state index contributed by atoms with van der Waals surface area (Å²) in [5.41, 5.74) is 4.61. The topological polar surface area (TPSA) is 101 Å². The monoisotopic (exact) mass is 159 g/mol. The van der Waals surface area contributed by atoms with Crippen LogP contribution in [0, 0.1) is 0 Å². The predicted molar refractivity (Wildman–Crippen MR) is 38.8 cm³/mol. The number of carboxylic acid groups (broad SMARTS) is 2. The Kier molecular flexibility index (Phi) is 8.93. The number of carboxylic acids is 2. The molecular weight excluding hydrogens is 150 g/mol. The summed E-state index contributed by atoms with van der Waals surface area (Å²) in [5, 5.41) is 15.6. The summed E-state index contributed by atoms with van der Waals surface area (Å²) in [6, 6.07) is 0. The van der Waals surface area contributed by atoms with E-state index in [1.54, 1.807) is 0 Å². The number of rotatable bonds is 2. The molecule has 0 amide bonds. The minimum atomic E-state index is -1.26. The average Bonchev–Trinajstić information content (AvgIpc) is 1.85. The Labute approximate surface area is 63.4 Å². The summed E-state index contributed by atoms with van der Waals surface area (Å²) in [5.74, 6) is -2.51. The molecule has 0 saturated heterocycles. The third-order valence-electron chi connectivity index (χ3n) is 0.368. The first-order valence-electron chi connectivity index (χ1n) is 2.51. The van der Waals surface area contributed by atoms with Crippen molar-refractivity contribution >= 4 is 11.9 Å². The van der Waals surface area contributed by atoms with Crippen LogP contribution in [-0.4, -0.2) is 22.2 Å². The summed E-state index contributed by atoms with van der Waals surface area (Å²) in [7, 11) is 0. The van der Waals surface area contributed by atoms with E-state index in [1.165, 1.54) is 6.20 Å². The van der Waals surface area contributed by atoms with Crippen molar-refractivity contribution < 1.29 is 19.8 Å². The SMILES string of the molecule is C=CN.O=C(O)/C=C\C(=O)O. The van der Waals surface area contributed by atoms with Gasteiger partial charge in [0, 0.05) is 12.2 Å². The highest BCUT2D eigenvalue weighted by Crippen LogP contribution is 1.70. The van der Waals surface area contributed by atoms with Gasteiger partial charge in [-0.3, -0.25) is 0 Å². The second-order valence-corrected chi connectivity index (χ2v) is 1.25. The predicted octanol–water partition coefficient (Wildman–Crippen LogP) is -0.200. The Bertz CT molecular complexity index is 157. The highest BCUT2D eigenvalue weighted by molar-refractivity contribution is 5.89. The molecule has 5 nitrogen and oxygen atoms in total. The van der Waals surface area contributed by atoms with Gasteiger partial charge >= 0.3 is 11.9 Å². The number of hydrogen-bond acceptors (Lipinski definition) is 3. The second kappa shape index (κ2) is 8.22. The standard InChI is InChI=1S/C4H4O4.C2H5N/c5-3(6)1-2-4(7)8;1-2-3/h1-2H,(H,5,6)(H,7,8);2H,1,3H2/b2-1-;. The van der Waals surface area contributed by atoms with E-state index < -0.39 is 11.9 Å². The Morgan fingerprint density at radius 1 is 1.18 bits per heavy atom. The van der Waals surface area contributed by atoms with Crippen LogP contribution < -0.4 is 5.73 Å². The zero-order valence-corrected chi connectivity index (χ0v) is 5.73. The Morgan fingerprint density at radius 3 is 1.45 bits per heavy atom. The van der Waals surface area contributed by atoms with Crippen molar-refractivity contribution in [1.82, 2.24) is 0 Å². The zero-order chi connectivity index (χ0) is 9.28. The average molecular weight is 159 g/mol. The van der Waals surface area contributed by atoms with Crippen LogP contribution in [0.1, 0.15) is 0 Å². The fourth-order valence-corrected chi connectivity index (χ4v) is 0.143. The molecule has 0 atom stereocenters. The van der Waals surface area contributed by atoms with Gasteiger partial charge in [0.2, 0.25) is 0 Å². The van der Waals surface area contributed by atoms with E-state index in [4.69, 9.17) is 10.2 Å². The molecule has 0 saturated carbocycles. The number of nitrogens with two attached hydrogens (primary N) is 1. The molecule has 0 aromatic carbocycles. The lowest BCUT2D eigenvalue weighted by Gasteiger charge is -1.74. The van der Waals surface area contributed by atoms with E-state index >= 15 is 0 Å². The molecule has 0 aliphatic carbocycles. The first kappa shape index (κ1) is 12.0. The van der Waals surface area contributed by atoms with Crippen molar-refractivity contribution in [2.45, 2.75) is 0 Å². The Morgan fingerprint density at radius 2 is 1.36 bits per heavy atom. The molecule has 0 bridgehead atoms. The lowest BCUT2D eigenvalue weighted by Crippen LogP contribution is -1.91. The molecule has 11 heavy (non-hydrogen) atoms. The lowest BCUT2D eigenvalue weighted by atomic mass is 10.5. The molecule has 0 fully saturated rings. The molecule has 0 aliphatic heterocycles. The van der Waals surface area contributed by atoms with Crippen molar-refractivity contribution in [3.05, 3.63) is 24.9 Å². The molecule has 5 heteroatoms. The molecule has 0 unspecified atom stereocenters. The number of carbonyl (C=O) groups is 2. The molecule has 4 N–H and O–H groups in total. The molecule has 0 radical (unpaired) electrons. The maximum absolute atomic E-state index is 9.55. The molecule has 0 aliphatic rings. The summed E-state index contributed by atoms with van der Waals surface area (Å²) < 4.78 is 0. The Hall–Kier alpha value is -1.78. The third kappa shape index (κ3) is 30.7. The van der Waals surface area contributed by atoms with E-state index in [-0.39, 0.29) is 0 Å². The largest absolute Gasteiger partial charge is 0.478 e. The second-order valence-electron chi connectivity index (χ2n) is 1.25. The van der Waals surface area contributed by atoms with Crippen LogP contribution in [-0.2, 0) is 9.59 Å². The van der Waals surface area contributed by atoms with Crippen molar-refractivity contribution in [1.29, 1.82) is 0 Å². The van der Waals surface area contributed by atoms with Crippen molar-refractivity contribution in [2.75, 3.05) is 0 Å². The normalized spacial score (nSPS) is 8.00. The molecule has 0 spiro atoms. The fourth-order valence-electron chi connectivity index (χ4n) is 0.143. The van der Waals surface area contributed by atoms with Gasteiger partial charge in [-0.05, 0) is 6.20 Å². The van der Waals surface area contributed by atoms with E-state index in [1.807, 2.05) is 0 Å². The first-order chi connectivity index (χ1) is 5.04. The van der Waals surface area contributed by atoms with Gasteiger partial charge in [0.05, 0.1) is 0 Å². The third-order valence-corrected chi connectivity index (χ3v) is 0.368.